The Morgan fingerprint density at radius 2 is 2.00 bits per heavy atom. The number of ketones is 1. The molecule has 1 atom stereocenters. The number of piperidine rings is 1. The molecule has 1 saturated heterocycles. The number of aromatic amines is 1. The minimum absolute atomic E-state index is 0.0129. The highest BCUT2D eigenvalue weighted by molar-refractivity contribution is 6.28. The molecule has 2 aliphatic rings. The maximum Gasteiger partial charge on any atom is 0.322 e. The monoisotopic (exact) mass is 502 g/mol. The van der Waals surface area contributed by atoms with Crippen molar-refractivity contribution in [2.24, 2.45) is 0 Å². The third kappa shape index (κ3) is 5.04. The van der Waals surface area contributed by atoms with Crippen LogP contribution in [0.5, 0.6) is 0 Å². The summed E-state index contributed by atoms with van der Waals surface area (Å²) < 4.78 is 0. The molecule has 1 aromatic heterocycles. The first kappa shape index (κ1) is 24.5. The van der Waals surface area contributed by atoms with E-state index in [2.05, 4.69) is 20.8 Å². The number of para-hydroxylation sites is 1. The predicted molar refractivity (Wildman–Crippen MR) is 138 cm³/mol. The van der Waals surface area contributed by atoms with Crippen molar-refractivity contribution in [3.8, 4) is 0 Å². The van der Waals surface area contributed by atoms with Crippen LogP contribution in [0.3, 0.4) is 0 Å². The van der Waals surface area contributed by atoms with Gasteiger partial charge in [0.2, 0.25) is 5.78 Å². The first-order valence-electron chi connectivity index (χ1n) is 12.6. The second-order valence-electron chi connectivity index (χ2n) is 9.60. The van der Waals surface area contributed by atoms with Crippen LogP contribution < -0.4 is 10.6 Å². The number of hydrogen-bond acceptors (Lipinski definition) is 5. The minimum Gasteiger partial charge on any atom is -0.327 e. The molecule has 10 nitrogen and oxygen atoms in total. The van der Waals surface area contributed by atoms with Crippen molar-refractivity contribution in [1.29, 1.82) is 0 Å². The van der Waals surface area contributed by atoms with Crippen molar-refractivity contribution in [1.82, 2.24) is 25.3 Å². The minimum atomic E-state index is -0.957. The summed E-state index contributed by atoms with van der Waals surface area (Å²) in [6.07, 6.45) is 4.24. The SMILES string of the molecule is CCc1cc(CC(NC(=O)N2CCC(N3Cc4ccccc4NC3=O)CC2)C(=O)C=O)cc2cn[nH]c12. The molecule has 3 N–H and O–H groups in total. The summed E-state index contributed by atoms with van der Waals surface area (Å²) in [6.45, 7) is 3.47. The Morgan fingerprint density at radius 3 is 2.76 bits per heavy atom. The largest absolute Gasteiger partial charge is 0.327 e. The van der Waals surface area contributed by atoms with Crippen LogP contribution in [-0.4, -0.2) is 69.3 Å². The summed E-state index contributed by atoms with van der Waals surface area (Å²) >= 11 is 0. The van der Waals surface area contributed by atoms with E-state index in [0.29, 0.717) is 32.5 Å². The van der Waals surface area contributed by atoms with Crippen LogP contribution in [-0.2, 0) is 29.0 Å². The number of fused-ring (bicyclic) bond motifs is 2. The third-order valence-corrected chi connectivity index (χ3v) is 7.32. The van der Waals surface area contributed by atoms with E-state index >= 15 is 0 Å². The summed E-state index contributed by atoms with van der Waals surface area (Å²) in [5.74, 6) is -0.669. The first-order valence-corrected chi connectivity index (χ1v) is 12.6. The van der Waals surface area contributed by atoms with Gasteiger partial charge in [0.1, 0.15) is 6.04 Å². The Balaban J connectivity index is 1.22. The molecule has 0 spiro atoms. The van der Waals surface area contributed by atoms with Gasteiger partial charge in [0, 0.05) is 43.2 Å². The number of anilines is 1. The molecule has 0 bridgehead atoms. The second-order valence-corrected chi connectivity index (χ2v) is 9.60. The zero-order valence-electron chi connectivity index (χ0n) is 20.7. The maximum atomic E-state index is 13.1. The second kappa shape index (κ2) is 10.4. The van der Waals surface area contributed by atoms with Crippen LogP contribution >= 0.6 is 0 Å². The van der Waals surface area contributed by atoms with Gasteiger partial charge in [-0.05, 0) is 48.1 Å². The number of amides is 4. The average molecular weight is 503 g/mol. The number of nitrogens with one attached hydrogen (secondary N) is 3. The van der Waals surface area contributed by atoms with Gasteiger partial charge in [-0.25, -0.2) is 9.59 Å². The Hall–Kier alpha value is -4.21. The summed E-state index contributed by atoms with van der Waals surface area (Å²) in [5, 5.41) is 13.7. The summed E-state index contributed by atoms with van der Waals surface area (Å²) in [6, 6.07) is 10.2. The average Bonchev–Trinajstić information content (AvgIpc) is 3.40. The van der Waals surface area contributed by atoms with Gasteiger partial charge >= 0.3 is 12.1 Å². The molecule has 37 heavy (non-hydrogen) atoms. The Morgan fingerprint density at radius 1 is 1.22 bits per heavy atom. The number of likely N-dealkylation sites (tertiary alicyclic amines) is 1. The highest BCUT2D eigenvalue weighted by atomic mass is 16.2. The van der Waals surface area contributed by atoms with Gasteiger partial charge in [-0.3, -0.25) is 14.7 Å². The van der Waals surface area contributed by atoms with E-state index in [9.17, 15) is 19.2 Å². The Bertz CT molecular complexity index is 1340. The fourth-order valence-corrected chi connectivity index (χ4v) is 5.28. The molecular formula is C27H30N6O4. The maximum absolute atomic E-state index is 13.1. The van der Waals surface area contributed by atoms with E-state index < -0.39 is 11.8 Å². The molecule has 2 aromatic carbocycles. The molecule has 5 rings (SSSR count). The highest BCUT2D eigenvalue weighted by Crippen LogP contribution is 2.27. The number of H-pyrrole nitrogens is 1. The van der Waals surface area contributed by atoms with Crippen molar-refractivity contribution in [3.05, 3.63) is 59.3 Å². The molecule has 192 valence electrons. The van der Waals surface area contributed by atoms with Crippen LogP contribution in [0.2, 0.25) is 0 Å². The van der Waals surface area contributed by atoms with Crippen molar-refractivity contribution < 1.29 is 19.2 Å². The van der Waals surface area contributed by atoms with Gasteiger partial charge in [-0.15, -0.1) is 0 Å². The lowest BCUT2D eigenvalue weighted by atomic mass is 9.98. The molecule has 1 fully saturated rings. The van der Waals surface area contributed by atoms with Crippen molar-refractivity contribution in [2.75, 3.05) is 18.4 Å². The van der Waals surface area contributed by atoms with Crippen molar-refractivity contribution in [3.63, 3.8) is 0 Å². The van der Waals surface area contributed by atoms with E-state index in [1.54, 1.807) is 11.1 Å². The number of aldehydes is 1. The molecule has 4 amide bonds. The number of urea groups is 2. The Labute approximate surface area is 214 Å². The smallest absolute Gasteiger partial charge is 0.322 e. The van der Waals surface area contributed by atoms with E-state index in [0.717, 1.165) is 39.7 Å². The third-order valence-electron chi connectivity index (χ3n) is 7.32. The molecule has 0 radical (unpaired) electrons. The number of rotatable bonds is 7. The number of carbonyl (C=O) groups is 4. The van der Waals surface area contributed by atoms with Crippen LogP contribution in [0.25, 0.3) is 10.9 Å². The molecule has 3 heterocycles. The Kier molecular flexibility index (Phi) is 6.89. The quantitative estimate of drug-likeness (QED) is 0.338. The van der Waals surface area contributed by atoms with E-state index in [1.165, 1.54) is 0 Å². The molecule has 10 heteroatoms. The van der Waals surface area contributed by atoms with Crippen LogP contribution in [0.1, 0.15) is 36.5 Å². The number of aryl methyl sites for hydroxylation is 1. The van der Waals surface area contributed by atoms with Gasteiger partial charge in [-0.2, -0.15) is 5.10 Å². The fraction of sp³-hybridized carbons (Fsp3) is 0.370. The van der Waals surface area contributed by atoms with Gasteiger partial charge in [0.15, 0.2) is 6.29 Å². The lowest BCUT2D eigenvalue weighted by Crippen LogP contribution is -2.54. The first-order chi connectivity index (χ1) is 18.0. The van der Waals surface area contributed by atoms with Gasteiger partial charge in [0.05, 0.1) is 11.7 Å². The number of nitrogens with zero attached hydrogens (tertiary/aromatic N) is 3. The lowest BCUT2D eigenvalue weighted by molar-refractivity contribution is -0.131. The topological polar surface area (TPSA) is 128 Å². The van der Waals surface area contributed by atoms with Crippen molar-refractivity contribution >= 4 is 40.7 Å². The standard InChI is InChI=1S/C27H30N6O4/c1-2-18-11-17(12-20-14-28-31-25(18)20)13-23(24(35)16-34)30-26(36)32-9-7-21(8-10-32)33-15-19-5-3-4-6-22(19)29-27(33)37/h3-6,11-12,14,16,21,23H,2,7-10,13,15H2,1H3,(H,28,31)(H,29,37)(H,30,36). The summed E-state index contributed by atoms with van der Waals surface area (Å²) in [5.41, 5.74) is 4.76. The van der Waals surface area contributed by atoms with Gasteiger partial charge < -0.3 is 20.4 Å². The molecule has 3 aromatic rings. The number of carbonyl (C=O) groups excluding carboxylic acids is 4. The normalized spacial score (nSPS) is 16.7. The number of aromatic nitrogens is 2. The molecular weight excluding hydrogens is 472 g/mol. The zero-order chi connectivity index (χ0) is 25.9. The van der Waals surface area contributed by atoms with Gasteiger partial charge in [0.25, 0.3) is 0 Å². The number of Topliss-reactive ketones (excluding diaryl/α,β-unsaturated/α-hetero) is 1. The van der Waals surface area contributed by atoms with Crippen LogP contribution in [0.4, 0.5) is 15.3 Å². The summed E-state index contributed by atoms with van der Waals surface area (Å²) in [4.78, 5) is 53.0. The fourth-order valence-electron chi connectivity index (χ4n) is 5.28. The van der Waals surface area contributed by atoms with Gasteiger partial charge in [-0.1, -0.05) is 31.2 Å². The molecule has 2 aliphatic heterocycles. The number of benzene rings is 2. The highest BCUT2D eigenvalue weighted by Gasteiger charge is 2.33. The van der Waals surface area contributed by atoms with E-state index in [1.807, 2.05) is 48.2 Å². The van der Waals surface area contributed by atoms with Crippen LogP contribution in [0, 0.1) is 0 Å². The lowest BCUT2D eigenvalue weighted by Gasteiger charge is -2.40. The van der Waals surface area contributed by atoms with E-state index in [4.69, 9.17) is 0 Å². The van der Waals surface area contributed by atoms with Crippen molar-refractivity contribution in [2.45, 2.75) is 51.2 Å². The zero-order valence-corrected chi connectivity index (χ0v) is 20.7. The van der Waals surface area contributed by atoms with E-state index in [-0.39, 0.29) is 30.8 Å². The molecule has 0 aliphatic carbocycles. The van der Waals surface area contributed by atoms with Crippen LogP contribution in [0.15, 0.2) is 42.6 Å². The number of hydrogen-bond donors (Lipinski definition) is 3. The molecule has 1 unspecified atom stereocenters. The predicted octanol–water partition coefficient (Wildman–Crippen LogP) is 3.03. The molecule has 0 saturated carbocycles. The summed E-state index contributed by atoms with van der Waals surface area (Å²) in [7, 11) is 0.